The van der Waals surface area contributed by atoms with Gasteiger partial charge in [0.2, 0.25) is 5.95 Å². The Kier molecular flexibility index (Phi) is 7.47. The molecule has 0 bridgehead atoms. The zero-order valence-electron chi connectivity index (χ0n) is 20.9. The van der Waals surface area contributed by atoms with E-state index in [9.17, 15) is 0 Å². The maximum atomic E-state index is 5.56. The number of ether oxygens (including phenoxy) is 2. The Hall–Kier alpha value is -3.44. The largest absolute Gasteiger partial charge is 0.377 e. The molecule has 0 radical (unpaired) electrons. The van der Waals surface area contributed by atoms with Crippen LogP contribution in [0.5, 0.6) is 0 Å². The fraction of sp³-hybridized carbons (Fsp3) is 0.385. The molecular formula is C26H32N8O2. The molecule has 10 nitrogen and oxygen atoms in total. The third-order valence-electron chi connectivity index (χ3n) is 6.46. The Morgan fingerprint density at radius 2 is 1.81 bits per heavy atom. The van der Waals surface area contributed by atoms with Crippen LogP contribution in [0, 0.1) is 0 Å². The average molecular weight is 489 g/mol. The van der Waals surface area contributed by atoms with E-state index in [4.69, 9.17) is 19.4 Å². The summed E-state index contributed by atoms with van der Waals surface area (Å²) in [6.07, 6.45) is 5.59. The van der Waals surface area contributed by atoms with E-state index in [1.807, 2.05) is 12.3 Å². The van der Waals surface area contributed by atoms with Gasteiger partial charge in [0.15, 0.2) is 5.82 Å². The van der Waals surface area contributed by atoms with Crippen LogP contribution in [0.25, 0.3) is 33.5 Å². The van der Waals surface area contributed by atoms with Crippen LogP contribution in [0.1, 0.15) is 12.6 Å². The van der Waals surface area contributed by atoms with Gasteiger partial charge in [-0.15, -0.1) is 0 Å². The topological polar surface area (TPSA) is 113 Å². The van der Waals surface area contributed by atoms with Gasteiger partial charge in [-0.1, -0.05) is 13.0 Å². The number of anilines is 1. The normalized spacial score (nSPS) is 18.2. The van der Waals surface area contributed by atoms with Crippen molar-refractivity contribution in [2.45, 2.75) is 25.7 Å². The van der Waals surface area contributed by atoms with E-state index in [0.29, 0.717) is 18.4 Å². The number of nitrogens with zero attached hydrogens (tertiary/aromatic N) is 5. The maximum Gasteiger partial charge on any atom is 0.202 e. The molecule has 1 saturated heterocycles. The molecule has 36 heavy (non-hydrogen) atoms. The summed E-state index contributed by atoms with van der Waals surface area (Å²) in [6.45, 7) is 5.98. The Morgan fingerprint density at radius 3 is 2.47 bits per heavy atom. The van der Waals surface area contributed by atoms with Gasteiger partial charge >= 0.3 is 0 Å². The Bertz CT molecular complexity index is 1270. The zero-order chi connectivity index (χ0) is 24.9. The summed E-state index contributed by atoms with van der Waals surface area (Å²) in [5.41, 5.74) is 5.64. The summed E-state index contributed by atoms with van der Waals surface area (Å²) < 4.78 is 11.1. The molecule has 0 aliphatic carbocycles. The highest BCUT2D eigenvalue weighted by atomic mass is 16.5. The van der Waals surface area contributed by atoms with E-state index in [1.54, 1.807) is 26.6 Å². The minimum absolute atomic E-state index is 0.0890. The lowest BCUT2D eigenvalue weighted by atomic mass is 10.0. The van der Waals surface area contributed by atoms with Crippen molar-refractivity contribution in [1.82, 2.24) is 35.1 Å². The van der Waals surface area contributed by atoms with Gasteiger partial charge < -0.3 is 25.1 Å². The number of hydrogen-bond donors (Lipinski definition) is 3. The highest BCUT2D eigenvalue weighted by Gasteiger charge is 2.32. The number of H-pyrrole nitrogens is 1. The fourth-order valence-corrected chi connectivity index (χ4v) is 4.57. The first-order chi connectivity index (χ1) is 17.7. The Labute approximate surface area is 210 Å². The van der Waals surface area contributed by atoms with E-state index >= 15 is 0 Å². The molecule has 10 heteroatoms. The van der Waals surface area contributed by atoms with Gasteiger partial charge in [0, 0.05) is 63.6 Å². The molecule has 3 aromatic heterocycles. The van der Waals surface area contributed by atoms with Gasteiger partial charge in [-0.05, 0) is 36.4 Å². The molecule has 1 aliphatic heterocycles. The fourth-order valence-electron chi connectivity index (χ4n) is 4.57. The van der Waals surface area contributed by atoms with Gasteiger partial charge in [-0.3, -0.25) is 9.88 Å². The van der Waals surface area contributed by atoms with E-state index in [0.717, 1.165) is 59.6 Å². The van der Waals surface area contributed by atoms with Crippen molar-refractivity contribution in [2.75, 3.05) is 45.8 Å². The van der Waals surface area contributed by atoms with Crippen LogP contribution >= 0.6 is 0 Å². The molecule has 0 spiro atoms. The molecule has 5 rings (SSSR count). The number of aromatic amines is 1. The number of likely N-dealkylation sites (tertiary alicyclic amines) is 1. The van der Waals surface area contributed by atoms with Crippen molar-refractivity contribution in [2.24, 2.45) is 0 Å². The highest BCUT2D eigenvalue weighted by Crippen LogP contribution is 2.32. The van der Waals surface area contributed by atoms with Crippen molar-refractivity contribution in [1.29, 1.82) is 0 Å². The van der Waals surface area contributed by atoms with Crippen LogP contribution in [-0.2, 0) is 16.0 Å². The van der Waals surface area contributed by atoms with Crippen molar-refractivity contribution in [3.05, 3.63) is 54.6 Å². The molecule has 4 aromatic rings. The monoisotopic (exact) mass is 488 g/mol. The van der Waals surface area contributed by atoms with E-state index in [2.05, 4.69) is 61.7 Å². The number of pyridine rings is 1. The predicted molar refractivity (Wildman–Crippen MR) is 139 cm³/mol. The number of hydrogen-bond acceptors (Lipinski definition) is 9. The van der Waals surface area contributed by atoms with Crippen LogP contribution in [-0.4, -0.2) is 82.6 Å². The molecule has 0 unspecified atom stereocenters. The zero-order valence-corrected chi connectivity index (χ0v) is 20.9. The van der Waals surface area contributed by atoms with Gasteiger partial charge in [0.05, 0.1) is 30.1 Å². The first kappa shape index (κ1) is 24.3. The second kappa shape index (κ2) is 11.1. The second-order valence-corrected chi connectivity index (χ2v) is 8.82. The number of benzene rings is 1. The molecule has 0 saturated carbocycles. The van der Waals surface area contributed by atoms with Crippen molar-refractivity contribution < 1.29 is 9.47 Å². The molecule has 4 heterocycles. The minimum atomic E-state index is 0.0890. The number of methoxy groups -OCH3 is 2. The first-order valence-corrected chi connectivity index (χ1v) is 12.2. The summed E-state index contributed by atoms with van der Waals surface area (Å²) in [4.78, 5) is 24.2. The van der Waals surface area contributed by atoms with E-state index in [1.165, 1.54) is 0 Å². The number of aromatic nitrogens is 5. The SMILES string of the molecule is CCNCNc1nc2c(-c3ncccn3)cc(-c3ccc(CN4C[C@@H](OC)[C@H](OC)C4)nc3)cc2[nH]1. The lowest BCUT2D eigenvalue weighted by Crippen LogP contribution is -2.27. The smallest absolute Gasteiger partial charge is 0.202 e. The molecule has 3 N–H and O–H groups in total. The van der Waals surface area contributed by atoms with Gasteiger partial charge in [-0.25, -0.2) is 15.0 Å². The third-order valence-corrected chi connectivity index (χ3v) is 6.46. The summed E-state index contributed by atoms with van der Waals surface area (Å²) >= 11 is 0. The number of fused-ring (bicyclic) bond motifs is 1. The highest BCUT2D eigenvalue weighted by molar-refractivity contribution is 5.95. The van der Waals surface area contributed by atoms with E-state index in [-0.39, 0.29) is 12.2 Å². The summed E-state index contributed by atoms with van der Waals surface area (Å²) in [5.74, 6) is 1.33. The average Bonchev–Trinajstić information content (AvgIpc) is 3.52. The minimum Gasteiger partial charge on any atom is -0.377 e. The van der Waals surface area contributed by atoms with Crippen molar-refractivity contribution in [3.8, 4) is 22.5 Å². The summed E-state index contributed by atoms with van der Waals surface area (Å²) in [6, 6.07) is 10.2. The summed E-state index contributed by atoms with van der Waals surface area (Å²) in [5, 5.41) is 6.52. The van der Waals surface area contributed by atoms with E-state index < -0.39 is 0 Å². The number of nitrogens with one attached hydrogen (secondary N) is 3. The van der Waals surface area contributed by atoms with Crippen LogP contribution in [0.2, 0.25) is 0 Å². The summed E-state index contributed by atoms with van der Waals surface area (Å²) in [7, 11) is 3.47. The molecule has 1 aromatic carbocycles. The second-order valence-electron chi connectivity index (χ2n) is 8.82. The van der Waals surface area contributed by atoms with Crippen LogP contribution in [0.4, 0.5) is 5.95 Å². The maximum absolute atomic E-state index is 5.56. The lowest BCUT2D eigenvalue weighted by Gasteiger charge is -2.14. The molecule has 1 fully saturated rings. The molecule has 188 valence electrons. The van der Waals surface area contributed by atoms with Gasteiger partial charge in [-0.2, -0.15) is 0 Å². The molecule has 2 atom stereocenters. The van der Waals surface area contributed by atoms with Crippen molar-refractivity contribution >= 4 is 17.0 Å². The predicted octanol–water partition coefficient (Wildman–Crippen LogP) is 2.91. The quantitative estimate of drug-likeness (QED) is 0.229. The van der Waals surface area contributed by atoms with Crippen LogP contribution in [0.3, 0.4) is 0 Å². The lowest BCUT2D eigenvalue weighted by molar-refractivity contribution is -0.00461. The molecule has 1 aliphatic rings. The van der Waals surface area contributed by atoms with Gasteiger partial charge in [0.1, 0.15) is 5.52 Å². The first-order valence-electron chi connectivity index (χ1n) is 12.2. The number of imidazole rings is 1. The third kappa shape index (κ3) is 5.21. The Morgan fingerprint density at radius 1 is 1.03 bits per heavy atom. The van der Waals surface area contributed by atoms with Crippen molar-refractivity contribution in [3.63, 3.8) is 0 Å². The van der Waals surface area contributed by atoms with Crippen LogP contribution < -0.4 is 10.6 Å². The standard InChI is InChI=1S/C26H32N8O2/c1-4-27-16-31-26-32-21-11-18(10-20(24(21)33-26)25-28-8-5-9-29-25)17-6-7-19(30-12-17)13-34-14-22(35-2)23(15-34)36-3/h5-12,22-23,27H,4,13-16H2,1-3H3,(H2,31,32,33)/t22-,23-/m1/s1. The molecular weight excluding hydrogens is 456 g/mol. The number of rotatable bonds is 10. The van der Waals surface area contributed by atoms with Crippen LogP contribution in [0.15, 0.2) is 48.9 Å². The Balaban J connectivity index is 1.42. The molecule has 0 amide bonds. The van der Waals surface area contributed by atoms with Gasteiger partial charge in [0.25, 0.3) is 0 Å².